The largest absolute Gasteiger partial charge is 0.490 e. The topological polar surface area (TPSA) is 81.9 Å². The van der Waals surface area contributed by atoms with Crippen LogP contribution in [0.5, 0.6) is 5.75 Å². The molecule has 6 nitrogen and oxygen atoms in total. The second-order valence-electron chi connectivity index (χ2n) is 6.62. The number of nitrogens with zero attached hydrogens (tertiary/aromatic N) is 1. The zero-order chi connectivity index (χ0) is 19.3. The molecular formula is C20H26N2O4S. The summed E-state index contributed by atoms with van der Waals surface area (Å²) < 4.78 is 38.7. The minimum Gasteiger partial charge on any atom is -0.490 e. The summed E-state index contributed by atoms with van der Waals surface area (Å²) in [5, 5.41) is 0. The first-order chi connectivity index (χ1) is 13.1. The van der Waals surface area contributed by atoms with E-state index in [2.05, 4.69) is 0 Å². The highest BCUT2D eigenvalue weighted by Gasteiger charge is 2.40. The van der Waals surface area contributed by atoms with Gasteiger partial charge < -0.3 is 15.2 Å². The Kier molecular flexibility index (Phi) is 6.49. The van der Waals surface area contributed by atoms with Crippen LogP contribution < -0.4 is 10.5 Å². The van der Waals surface area contributed by atoms with Crippen molar-refractivity contribution in [1.29, 1.82) is 0 Å². The molecule has 0 spiro atoms. The molecule has 146 valence electrons. The second-order valence-corrected chi connectivity index (χ2v) is 8.53. The van der Waals surface area contributed by atoms with Crippen LogP contribution >= 0.6 is 0 Å². The van der Waals surface area contributed by atoms with Crippen molar-refractivity contribution in [2.75, 3.05) is 40.0 Å². The molecule has 1 aliphatic heterocycles. The minimum absolute atomic E-state index is 0.0868. The maximum Gasteiger partial charge on any atom is 0.246 e. The summed E-state index contributed by atoms with van der Waals surface area (Å²) in [6.07, 6.45) is 0. The monoisotopic (exact) mass is 390 g/mol. The highest BCUT2D eigenvalue weighted by Crippen LogP contribution is 2.37. The lowest BCUT2D eigenvalue weighted by atomic mass is 9.89. The van der Waals surface area contributed by atoms with E-state index in [0.717, 1.165) is 5.56 Å². The molecular weight excluding hydrogens is 364 g/mol. The molecule has 1 fully saturated rings. The summed E-state index contributed by atoms with van der Waals surface area (Å²) in [6.45, 7) is 1.95. The lowest BCUT2D eigenvalue weighted by molar-refractivity contribution is 0.144. The van der Waals surface area contributed by atoms with Crippen LogP contribution in [-0.4, -0.2) is 52.7 Å². The van der Waals surface area contributed by atoms with Gasteiger partial charge >= 0.3 is 0 Å². The molecule has 27 heavy (non-hydrogen) atoms. The smallest absolute Gasteiger partial charge is 0.246 e. The van der Waals surface area contributed by atoms with Gasteiger partial charge in [-0.25, -0.2) is 8.42 Å². The van der Waals surface area contributed by atoms with Crippen LogP contribution in [-0.2, 0) is 14.8 Å². The zero-order valence-electron chi connectivity index (χ0n) is 15.5. The van der Waals surface area contributed by atoms with E-state index in [4.69, 9.17) is 15.2 Å². The molecule has 0 aliphatic carbocycles. The fourth-order valence-corrected chi connectivity index (χ4v) is 5.16. The minimum atomic E-state index is -3.68. The van der Waals surface area contributed by atoms with Crippen molar-refractivity contribution in [2.45, 2.75) is 10.8 Å². The highest BCUT2D eigenvalue weighted by molar-refractivity contribution is 7.89. The molecule has 0 saturated carbocycles. The fourth-order valence-electron chi connectivity index (χ4n) is 3.50. The van der Waals surface area contributed by atoms with Crippen LogP contribution in [0, 0.1) is 5.92 Å². The Hall–Kier alpha value is -1.93. The first-order valence-corrected chi connectivity index (χ1v) is 10.5. The molecule has 2 aromatic rings. The Morgan fingerprint density at radius 1 is 1.04 bits per heavy atom. The molecule has 0 radical (unpaired) electrons. The number of hydrogen-bond donors (Lipinski definition) is 1. The lowest BCUT2D eigenvalue weighted by Gasteiger charge is -2.19. The van der Waals surface area contributed by atoms with Gasteiger partial charge in [0.2, 0.25) is 10.0 Å². The van der Waals surface area contributed by atoms with Crippen LogP contribution in [0.25, 0.3) is 0 Å². The third-order valence-electron chi connectivity index (χ3n) is 4.95. The van der Waals surface area contributed by atoms with E-state index in [9.17, 15) is 8.42 Å². The molecule has 2 N–H and O–H groups in total. The van der Waals surface area contributed by atoms with Gasteiger partial charge in [0.1, 0.15) is 17.3 Å². The maximum absolute atomic E-state index is 13.3. The summed E-state index contributed by atoms with van der Waals surface area (Å²) in [5.74, 6) is 0.526. The number of nitrogens with two attached hydrogens (primary N) is 1. The number of para-hydroxylation sites is 1. The van der Waals surface area contributed by atoms with Gasteiger partial charge in [0, 0.05) is 26.1 Å². The summed E-state index contributed by atoms with van der Waals surface area (Å²) in [6, 6.07) is 16.7. The number of benzene rings is 2. The molecule has 2 aromatic carbocycles. The van der Waals surface area contributed by atoms with Gasteiger partial charge in [-0.05, 0) is 30.2 Å². The van der Waals surface area contributed by atoms with E-state index < -0.39 is 10.0 Å². The summed E-state index contributed by atoms with van der Waals surface area (Å²) in [7, 11) is -2.10. The van der Waals surface area contributed by atoms with E-state index >= 15 is 0 Å². The number of ether oxygens (including phenoxy) is 2. The average molecular weight is 391 g/mol. The first kappa shape index (κ1) is 19.8. The van der Waals surface area contributed by atoms with Crippen molar-refractivity contribution in [3.05, 3.63) is 60.2 Å². The molecule has 0 unspecified atom stereocenters. The van der Waals surface area contributed by atoms with Crippen LogP contribution in [0.15, 0.2) is 59.5 Å². The fraction of sp³-hybridized carbons (Fsp3) is 0.400. The molecule has 7 heteroatoms. The predicted octanol–water partition coefficient (Wildman–Crippen LogP) is 2.07. The molecule has 0 bridgehead atoms. The van der Waals surface area contributed by atoms with Gasteiger partial charge in [-0.2, -0.15) is 4.31 Å². The van der Waals surface area contributed by atoms with Crippen LogP contribution in [0.1, 0.15) is 11.5 Å². The Labute approximate surface area is 160 Å². The molecule has 3 rings (SSSR count). The van der Waals surface area contributed by atoms with Crippen molar-refractivity contribution in [3.8, 4) is 5.75 Å². The molecule has 0 amide bonds. The molecule has 1 aliphatic rings. The molecule has 1 saturated heterocycles. The number of rotatable bonds is 8. The number of sulfonamides is 1. The lowest BCUT2D eigenvalue weighted by Crippen LogP contribution is -2.30. The number of methoxy groups -OCH3 is 1. The first-order valence-electron chi connectivity index (χ1n) is 9.04. The molecule has 2 atom stereocenters. The van der Waals surface area contributed by atoms with Gasteiger partial charge in [-0.1, -0.05) is 42.5 Å². The average Bonchev–Trinajstić information content (AvgIpc) is 3.14. The SMILES string of the molecule is COCCOc1ccccc1S(=O)(=O)N1C[C@@H](CN)[C@H](c2ccccc2)C1. The maximum atomic E-state index is 13.3. The number of hydrogen-bond acceptors (Lipinski definition) is 5. The van der Waals surface area contributed by atoms with E-state index in [1.165, 1.54) is 4.31 Å². The van der Waals surface area contributed by atoms with Crippen LogP contribution in [0.2, 0.25) is 0 Å². The van der Waals surface area contributed by atoms with Crippen molar-refractivity contribution in [1.82, 2.24) is 4.31 Å². The summed E-state index contributed by atoms with van der Waals surface area (Å²) in [4.78, 5) is 0.186. The molecule has 0 aromatic heterocycles. The van der Waals surface area contributed by atoms with Gasteiger partial charge in [0.05, 0.1) is 6.61 Å². The Bertz CT molecular complexity index is 842. The van der Waals surface area contributed by atoms with Crippen LogP contribution in [0.4, 0.5) is 0 Å². The third kappa shape index (κ3) is 4.32. The standard InChI is InChI=1S/C20H26N2O4S/c1-25-11-12-26-19-9-5-6-10-20(19)27(23,24)22-14-17(13-21)18(15-22)16-7-3-2-4-8-16/h2-10,17-18H,11-15,21H2,1H3/t17-,18+/m1/s1. The third-order valence-corrected chi connectivity index (χ3v) is 6.82. The van der Waals surface area contributed by atoms with Crippen molar-refractivity contribution in [3.63, 3.8) is 0 Å². The van der Waals surface area contributed by atoms with Gasteiger partial charge in [0.25, 0.3) is 0 Å². The summed E-state index contributed by atoms with van der Waals surface area (Å²) >= 11 is 0. The van der Waals surface area contributed by atoms with E-state index in [-0.39, 0.29) is 16.7 Å². The van der Waals surface area contributed by atoms with Gasteiger partial charge in [-0.15, -0.1) is 0 Å². The second kappa shape index (κ2) is 8.84. The van der Waals surface area contributed by atoms with Crippen molar-refractivity contribution in [2.24, 2.45) is 11.7 Å². The van der Waals surface area contributed by atoms with Crippen molar-refractivity contribution >= 4 is 10.0 Å². The van der Waals surface area contributed by atoms with Crippen LogP contribution in [0.3, 0.4) is 0 Å². The predicted molar refractivity (Wildman–Crippen MR) is 104 cm³/mol. The summed E-state index contributed by atoms with van der Waals surface area (Å²) in [5.41, 5.74) is 7.08. The van der Waals surface area contributed by atoms with Crippen molar-refractivity contribution < 1.29 is 17.9 Å². The van der Waals surface area contributed by atoms with Gasteiger partial charge in [-0.3, -0.25) is 0 Å². The quantitative estimate of drug-likeness (QED) is 0.698. The van der Waals surface area contributed by atoms with E-state index in [0.29, 0.717) is 38.6 Å². The Morgan fingerprint density at radius 2 is 1.74 bits per heavy atom. The van der Waals surface area contributed by atoms with E-state index in [1.807, 2.05) is 30.3 Å². The normalized spacial score (nSPS) is 20.7. The Morgan fingerprint density at radius 3 is 2.44 bits per heavy atom. The Balaban J connectivity index is 1.86. The van der Waals surface area contributed by atoms with E-state index in [1.54, 1.807) is 31.4 Å². The zero-order valence-corrected chi connectivity index (χ0v) is 16.3. The van der Waals surface area contributed by atoms with Gasteiger partial charge in [0.15, 0.2) is 0 Å². The molecule has 1 heterocycles. The highest BCUT2D eigenvalue weighted by atomic mass is 32.2.